The maximum absolute atomic E-state index is 12.7. The zero-order valence-electron chi connectivity index (χ0n) is 16.7. The van der Waals surface area contributed by atoms with E-state index in [9.17, 15) is 14.4 Å². The number of rotatable bonds is 6. The van der Waals surface area contributed by atoms with Gasteiger partial charge in [0.15, 0.2) is 0 Å². The van der Waals surface area contributed by atoms with Gasteiger partial charge in [0, 0.05) is 13.1 Å². The number of nitrogens with zero attached hydrogens (tertiary/aromatic N) is 2. The highest BCUT2D eigenvalue weighted by molar-refractivity contribution is 8.18. The molecule has 0 unspecified atom stereocenters. The molecule has 29 heavy (non-hydrogen) atoms. The summed E-state index contributed by atoms with van der Waals surface area (Å²) in [5, 5.41) is 0.0213. The van der Waals surface area contributed by atoms with E-state index >= 15 is 0 Å². The van der Waals surface area contributed by atoms with Gasteiger partial charge in [0.1, 0.15) is 12.3 Å². The summed E-state index contributed by atoms with van der Waals surface area (Å²) in [6.45, 7) is 5.16. The van der Waals surface area contributed by atoms with Gasteiger partial charge >= 0.3 is 0 Å². The van der Waals surface area contributed by atoms with Crippen LogP contribution in [0.3, 0.4) is 0 Å². The van der Waals surface area contributed by atoms with Crippen LogP contribution in [0, 0.1) is 0 Å². The molecule has 0 bridgehead atoms. The fraction of sp³-hybridized carbons (Fsp3) is 0.476. The summed E-state index contributed by atoms with van der Waals surface area (Å²) < 4.78 is 5.75. The van der Waals surface area contributed by atoms with Crippen molar-refractivity contribution >= 4 is 46.5 Å². The third kappa shape index (κ3) is 5.34. The summed E-state index contributed by atoms with van der Waals surface area (Å²) in [7, 11) is 0. The Morgan fingerprint density at radius 1 is 1.28 bits per heavy atom. The van der Waals surface area contributed by atoms with E-state index in [1.165, 1.54) is 0 Å². The Morgan fingerprint density at radius 2 is 2.00 bits per heavy atom. The molecule has 0 aromatic heterocycles. The van der Waals surface area contributed by atoms with Crippen LogP contribution < -0.4 is 4.74 Å². The predicted molar refractivity (Wildman–Crippen MR) is 115 cm³/mol. The van der Waals surface area contributed by atoms with Gasteiger partial charge in [0.05, 0.1) is 16.0 Å². The van der Waals surface area contributed by atoms with Gasteiger partial charge in [-0.05, 0) is 68.1 Å². The number of ether oxygens (including phenoxy) is 1. The lowest BCUT2D eigenvalue weighted by molar-refractivity contribution is -0.136. The lowest BCUT2D eigenvalue weighted by Crippen LogP contribution is -2.44. The monoisotopic (exact) mass is 436 g/mol. The van der Waals surface area contributed by atoms with E-state index in [0.717, 1.165) is 42.3 Å². The molecule has 0 spiro atoms. The number of likely N-dealkylation sites (tertiary alicyclic amines) is 1. The highest BCUT2D eigenvalue weighted by Gasteiger charge is 2.37. The number of thioether (sulfide) groups is 1. The highest BCUT2D eigenvalue weighted by atomic mass is 35.5. The highest BCUT2D eigenvalue weighted by Crippen LogP contribution is 2.34. The predicted octanol–water partition coefficient (Wildman–Crippen LogP) is 4.57. The van der Waals surface area contributed by atoms with Crippen LogP contribution in [-0.4, -0.2) is 52.6 Å². The number of imide groups is 1. The van der Waals surface area contributed by atoms with Crippen LogP contribution in [0.2, 0.25) is 5.02 Å². The van der Waals surface area contributed by atoms with Crippen LogP contribution in [0.4, 0.5) is 4.79 Å². The molecular formula is C21H25ClN2O4S. The average Bonchev–Trinajstić information content (AvgIpc) is 2.97. The molecule has 1 atom stereocenters. The molecule has 156 valence electrons. The number of carbonyl (C=O) groups is 3. The standard InChI is InChI=1S/C21H25ClN2O4S/c1-3-14(2)28-17-8-7-15(11-16(17)22)12-18-20(26)24(21(27)29-18)13-19(25)23-9-5-4-6-10-23/h7-8,11-12,14H,3-6,9-10,13H2,1-2H3/b18-12-/t14-/m0/s1. The number of carbonyl (C=O) groups excluding carboxylic acids is 3. The fourth-order valence-corrected chi connectivity index (χ4v) is 4.24. The number of benzene rings is 1. The number of halogens is 1. The Labute approximate surface area is 180 Å². The third-order valence-corrected chi connectivity index (χ3v) is 6.24. The van der Waals surface area contributed by atoms with Crippen LogP contribution >= 0.6 is 23.4 Å². The van der Waals surface area contributed by atoms with E-state index in [2.05, 4.69) is 0 Å². The quantitative estimate of drug-likeness (QED) is 0.611. The maximum Gasteiger partial charge on any atom is 0.294 e. The molecule has 8 heteroatoms. The molecule has 3 amide bonds. The van der Waals surface area contributed by atoms with E-state index in [1.54, 1.807) is 29.2 Å². The van der Waals surface area contributed by atoms with Crippen molar-refractivity contribution in [3.8, 4) is 5.75 Å². The fourth-order valence-electron chi connectivity index (χ4n) is 3.17. The lowest BCUT2D eigenvalue weighted by Gasteiger charge is -2.27. The first-order valence-electron chi connectivity index (χ1n) is 9.88. The maximum atomic E-state index is 12.7. The zero-order valence-corrected chi connectivity index (χ0v) is 18.2. The average molecular weight is 437 g/mol. The van der Waals surface area contributed by atoms with E-state index in [-0.39, 0.29) is 23.5 Å². The van der Waals surface area contributed by atoms with Gasteiger partial charge in [0.2, 0.25) is 5.91 Å². The van der Waals surface area contributed by atoms with Crippen LogP contribution in [-0.2, 0) is 9.59 Å². The van der Waals surface area contributed by atoms with E-state index < -0.39 is 11.1 Å². The Hall–Kier alpha value is -1.99. The molecule has 3 rings (SSSR count). The van der Waals surface area contributed by atoms with E-state index in [0.29, 0.717) is 29.4 Å². The van der Waals surface area contributed by atoms with Crippen molar-refractivity contribution in [2.24, 2.45) is 0 Å². The molecule has 2 aliphatic rings. The summed E-state index contributed by atoms with van der Waals surface area (Å²) in [5.41, 5.74) is 0.694. The lowest BCUT2D eigenvalue weighted by atomic mass is 10.1. The van der Waals surface area contributed by atoms with Crippen LogP contribution in [0.1, 0.15) is 45.1 Å². The van der Waals surface area contributed by atoms with Crippen molar-refractivity contribution in [1.29, 1.82) is 0 Å². The van der Waals surface area contributed by atoms with Gasteiger partial charge in [-0.25, -0.2) is 0 Å². The summed E-state index contributed by atoms with van der Waals surface area (Å²) in [6.07, 6.45) is 5.57. The zero-order chi connectivity index (χ0) is 21.0. The minimum atomic E-state index is -0.443. The van der Waals surface area contributed by atoms with E-state index in [4.69, 9.17) is 16.3 Å². The molecule has 0 saturated carbocycles. The first-order valence-corrected chi connectivity index (χ1v) is 11.1. The van der Waals surface area contributed by atoms with Crippen LogP contribution in [0.25, 0.3) is 6.08 Å². The summed E-state index contributed by atoms with van der Waals surface area (Å²) in [4.78, 5) is 40.4. The van der Waals surface area contributed by atoms with Crippen LogP contribution in [0.15, 0.2) is 23.1 Å². The number of piperidine rings is 1. The van der Waals surface area contributed by atoms with E-state index in [1.807, 2.05) is 13.8 Å². The molecule has 0 N–H and O–H groups in total. The first kappa shape index (κ1) is 21.7. The van der Waals surface area contributed by atoms with Crippen LogP contribution in [0.5, 0.6) is 5.75 Å². The molecule has 0 aliphatic carbocycles. The summed E-state index contributed by atoms with van der Waals surface area (Å²) >= 11 is 7.13. The third-order valence-electron chi connectivity index (χ3n) is 5.03. The Morgan fingerprint density at radius 3 is 2.66 bits per heavy atom. The molecular weight excluding hydrogens is 412 g/mol. The molecule has 2 heterocycles. The molecule has 2 fully saturated rings. The van der Waals surface area contributed by atoms with Gasteiger partial charge < -0.3 is 9.64 Å². The summed E-state index contributed by atoms with van der Waals surface area (Å²) in [6, 6.07) is 5.24. The van der Waals surface area contributed by atoms with Crippen molar-refractivity contribution < 1.29 is 19.1 Å². The van der Waals surface area contributed by atoms with Crippen molar-refractivity contribution in [3.05, 3.63) is 33.7 Å². The molecule has 1 aromatic carbocycles. The number of amides is 3. The second-order valence-corrected chi connectivity index (χ2v) is 8.64. The van der Waals surface area contributed by atoms with Gasteiger partial charge in [-0.3, -0.25) is 19.3 Å². The van der Waals surface area contributed by atoms with Crippen molar-refractivity contribution in [1.82, 2.24) is 9.80 Å². The Kier molecular flexibility index (Phi) is 7.24. The summed E-state index contributed by atoms with van der Waals surface area (Å²) in [5.74, 6) is -0.0392. The Bertz CT molecular complexity index is 836. The van der Waals surface area contributed by atoms with Crippen molar-refractivity contribution in [3.63, 3.8) is 0 Å². The Balaban J connectivity index is 1.69. The first-order chi connectivity index (χ1) is 13.9. The van der Waals surface area contributed by atoms with Gasteiger partial charge in [-0.2, -0.15) is 0 Å². The van der Waals surface area contributed by atoms with Gasteiger partial charge in [0.25, 0.3) is 11.1 Å². The molecule has 6 nitrogen and oxygen atoms in total. The SMILES string of the molecule is CC[C@H](C)Oc1ccc(/C=C2\SC(=O)N(CC(=O)N3CCCCC3)C2=O)cc1Cl. The van der Waals surface area contributed by atoms with Gasteiger partial charge in [-0.1, -0.05) is 24.6 Å². The molecule has 2 aliphatic heterocycles. The number of hydrogen-bond donors (Lipinski definition) is 0. The molecule has 2 saturated heterocycles. The second-order valence-electron chi connectivity index (χ2n) is 7.24. The smallest absolute Gasteiger partial charge is 0.294 e. The molecule has 0 radical (unpaired) electrons. The minimum Gasteiger partial charge on any atom is -0.489 e. The topological polar surface area (TPSA) is 66.9 Å². The van der Waals surface area contributed by atoms with Crippen molar-refractivity contribution in [2.75, 3.05) is 19.6 Å². The largest absolute Gasteiger partial charge is 0.489 e. The number of hydrogen-bond acceptors (Lipinski definition) is 5. The van der Waals surface area contributed by atoms with Gasteiger partial charge in [-0.15, -0.1) is 0 Å². The van der Waals surface area contributed by atoms with Crippen molar-refractivity contribution in [2.45, 2.75) is 45.6 Å². The minimum absolute atomic E-state index is 0.0484. The second kappa shape index (κ2) is 9.67. The molecule has 1 aromatic rings. The normalized spacial score (nSPS) is 19.8.